The number of hydrogen-bond donors (Lipinski definition) is 1. The molecule has 0 spiro atoms. The van der Waals surface area contributed by atoms with E-state index in [0.717, 1.165) is 12.0 Å². The molecule has 1 amide bonds. The fourth-order valence-electron chi connectivity index (χ4n) is 2.01. The van der Waals surface area contributed by atoms with Gasteiger partial charge in [0.05, 0.1) is 16.5 Å². The average molecular weight is 307 g/mol. The summed E-state index contributed by atoms with van der Waals surface area (Å²) >= 11 is 0. The molecule has 2 aromatic rings. The van der Waals surface area contributed by atoms with Crippen LogP contribution in [0.5, 0.6) is 0 Å². The first-order chi connectivity index (χ1) is 9.79. The van der Waals surface area contributed by atoms with Crippen molar-refractivity contribution in [1.82, 2.24) is 5.32 Å². The molecule has 1 heterocycles. The molecule has 2 rings (SSSR count). The summed E-state index contributed by atoms with van der Waals surface area (Å²) in [5, 5.41) is 2.74. The Morgan fingerprint density at radius 3 is 2.43 bits per heavy atom. The summed E-state index contributed by atoms with van der Waals surface area (Å²) in [6.45, 7) is 3.59. The van der Waals surface area contributed by atoms with Crippen molar-refractivity contribution in [2.45, 2.75) is 24.8 Å². The van der Waals surface area contributed by atoms with Gasteiger partial charge in [-0.05, 0) is 38.1 Å². The second-order valence-electron chi connectivity index (χ2n) is 4.91. The van der Waals surface area contributed by atoms with Crippen LogP contribution < -0.4 is 5.32 Å². The SMILES string of the molecule is Cc1ccc(C(C)NC(=O)c2ccccc2S(C)(=O)=O)o1. The Morgan fingerprint density at radius 1 is 1.19 bits per heavy atom. The lowest BCUT2D eigenvalue weighted by Gasteiger charge is -2.13. The van der Waals surface area contributed by atoms with Crippen molar-refractivity contribution in [3.63, 3.8) is 0 Å². The second-order valence-corrected chi connectivity index (χ2v) is 6.90. The Balaban J connectivity index is 2.26. The molecule has 0 fully saturated rings. The molecule has 1 aromatic carbocycles. The number of carbonyl (C=O) groups is 1. The summed E-state index contributed by atoms with van der Waals surface area (Å²) in [6.07, 6.45) is 1.08. The number of benzene rings is 1. The van der Waals surface area contributed by atoms with Crippen molar-refractivity contribution in [1.29, 1.82) is 0 Å². The molecule has 0 aliphatic rings. The van der Waals surface area contributed by atoms with Crippen LogP contribution in [0, 0.1) is 6.92 Å². The van der Waals surface area contributed by atoms with Crippen LogP contribution in [-0.2, 0) is 9.84 Å². The van der Waals surface area contributed by atoms with Gasteiger partial charge >= 0.3 is 0 Å². The topological polar surface area (TPSA) is 76.4 Å². The molecule has 0 saturated heterocycles. The zero-order valence-electron chi connectivity index (χ0n) is 12.1. The summed E-state index contributed by atoms with van der Waals surface area (Å²) in [5.41, 5.74) is 0.134. The van der Waals surface area contributed by atoms with Gasteiger partial charge in [-0.25, -0.2) is 8.42 Å². The molecule has 1 atom stereocenters. The molecule has 1 N–H and O–H groups in total. The quantitative estimate of drug-likeness (QED) is 0.941. The third kappa shape index (κ3) is 3.52. The molecule has 21 heavy (non-hydrogen) atoms. The summed E-state index contributed by atoms with van der Waals surface area (Å²) in [4.78, 5) is 12.3. The van der Waals surface area contributed by atoms with Crippen molar-refractivity contribution in [2.24, 2.45) is 0 Å². The van der Waals surface area contributed by atoms with Crippen LogP contribution in [0.15, 0.2) is 45.7 Å². The van der Waals surface area contributed by atoms with Gasteiger partial charge in [-0.15, -0.1) is 0 Å². The molecule has 0 aliphatic carbocycles. The van der Waals surface area contributed by atoms with Gasteiger partial charge in [0.15, 0.2) is 9.84 Å². The van der Waals surface area contributed by atoms with Gasteiger partial charge in [-0.1, -0.05) is 12.1 Å². The minimum absolute atomic E-state index is 0.0188. The minimum atomic E-state index is -3.46. The zero-order valence-corrected chi connectivity index (χ0v) is 12.9. The van der Waals surface area contributed by atoms with E-state index in [1.807, 2.05) is 13.0 Å². The molecule has 0 bridgehead atoms. The van der Waals surface area contributed by atoms with E-state index in [0.29, 0.717) is 5.76 Å². The Labute approximate surface area is 123 Å². The van der Waals surface area contributed by atoms with Gasteiger partial charge in [-0.2, -0.15) is 0 Å². The van der Waals surface area contributed by atoms with Crippen molar-refractivity contribution in [3.8, 4) is 0 Å². The first-order valence-corrected chi connectivity index (χ1v) is 8.34. The van der Waals surface area contributed by atoms with Crippen LogP contribution in [0.4, 0.5) is 0 Å². The Morgan fingerprint density at radius 2 is 1.86 bits per heavy atom. The van der Waals surface area contributed by atoms with Gasteiger partial charge < -0.3 is 9.73 Å². The lowest BCUT2D eigenvalue weighted by atomic mass is 10.2. The predicted octanol–water partition coefficient (Wildman–Crippen LogP) is 2.48. The lowest BCUT2D eigenvalue weighted by Crippen LogP contribution is -2.27. The largest absolute Gasteiger partial charge is 0.464 e. The van der Waals surface area contributed by atoms with Crippen LogP contribution in [0.3, 0.4) is 0 Å². The monoisotopic (exact) mass is 307 g/mol. The number of nitrogens with one attached hydrogen (secondary N) is 1. The summed E-state index contributed by atoms with van der Waals surface area (Å²) < 4.78 is 28.9. The number of sulfone groups is 1. The normalized spacial score (nSPS) is 12.9. The first-order valence-electron chi connectivity index (χ1n) is 6.45. The van der Waals surface area contributed by atoms with Crippen molar-refractivity contribution in [3.05, 3.63) is 53.5 Å². The van der Waals surface area contributed by atoms with E-state index in [2.05, 4.69) is 5.32 Å². The smallest absolute Gasteiger partial charge is 0.253 e. The van der Waals surface area contributed by atoms with E-state index in [4.69, 9.17) is 4.42 Å². The van der Waals surface area contributed by atoms with Gasteiger partial charge in [-0.3, -0.25) is 4.79 Å². The third-order valence-electron chi connectivity index (χ3n) is 3.07. The maximum absolute atomic E-state index is 12.3. The van der Waals surface area contributed by atoms with Crippen LogP contribution in [0.25, 0.3) is 0 Å². The average Bonchev–Trinajstić information content (AvgIpc) is 2.84. The van der Waals surface area contributed by atoms with Gasteiger partial charge in [0.1, 0.15) is 11.5 Å². The molecule has 112 valence electrons. The number of carbonyl (C=O) groups excluding carboxylic acids is 1. The first kappa shape index (κ1) is 15.3. The van der Waals surface area contributed by atoms with Gasteiger partial charge in [0.25, 0.3) is 5.91 Å². The molecule has 1 aromatic heterocycles. The highest BCUT2D eigenvalue weighted by Crippen LogP contribution is 2.19. The third-order valence-corrected chi connectivity index (χ3v) is 4.22. The van der Waals surface area contributed by atoms with Crippen molar-refractivity contribution in [2.75, 3.05) is 6.26 Å². The zero-order chi connectivity index (χ0) is 15.6. The van der Waals surface area contributed by atoms with E-state index in [1.165, 1.54) is 12.1 Å². The number of aryl methyl sites for hydroxylation is 1. The van der Waals surface area contributed by atoms with Gasteiger partial charge in [0, 0.05) is 6.26 Å². The molecule has 0 radical (unpaired) electrons. The number of hydrogen-bond acceptors (Lipinski definition) is 4. The summed E-state index contributed by atoms with van der Waals surface area (Å²) in [7, 11) is -3.46. The molecule has 0 saturated carbocycles. The maximum atomic E-state index is 12.3. The minimum Gasteiger partial charge on any atom is -0.464 e. The Bertz CT molecular complexity index is 761. The van der Waals surface area contributed by atoms with Crippen LogP contribution in [0.1, 0.15) is 34.8 Å². The number of amides is 1. The predicted molar refractivity (Wildman–Crippen MR) is 78.9 cm³/mol. The van der Waals surface area contributed by atoms with Crippen LogP contribution in [0.2, 0.25) is 0 Å². The molecule has 1 unspecified atom stereocenters. The van der Waals surface area contributed by atoms with E-state index < -0.39 is 15.7 Å². The molecular formula is C15H17NO4S. The van der Waals surface area contributed by atoms with Crippen molar-refractivity contribution >= 4 is 15.7 Å². The standard InChI is InChI=1S/C15H17NO4S/c1-10-8-9-13(20-10)11(2)16-15(17)12-6-4-5-7-14(12)21(3,18)19/h4-9,11H,1-3H3,(H,16,17). The van der Waals surface area contributed by atoms with Crippen LogP contribution in [-0.4, -0.2) is 20.6 Å². The Hall–Kier alpha value is -2.08. The molecular weight excluding hydrogens is 290 g/mol. The van der Waals surface area contributed by atoms with Crippen LogP contribution >= 0.6 is 0 Å². The summed E-state index contributed by atoms with van der Waals surface area (Å²) in [5.74, 6) is 0.929. The maximum Gasteiger partial charge on any atom is 0.253 e. The molecule has 5 nitrogen and oxygen atoms in total. The van der Waals surface area contributed by atoms with E-state index in [1.54, 1.807) is 25.1 Å². The van der Waals surface area contributed by atoms with E-state index in [9.17, 15) is 13.2 Å². The fourth-order valence-corrected chi connectivity index (χ4v) is 2.90. The number of rotatable bonds is 4. The highest BCUT2D eigenvalue weighted by Gasteiger charge is 2.20. The summed E-state index contributed by atoms with van der Waals surface area (Å²) in [6, 6.07) is 9.37. The number of furan rings is 1. The van der Waals surface area contributed by atoms with E-state index >= 15 is 0 Å². The second kappa shape index (κ2) is 5.73. The lowest BCUT2D eigenvalue weighted by molar-refractivity contribution is 0.0932. The molecule has 6 heteroatoms. The van der Waals surface area contributed by atoms with Gasteiger partial charge in [0.2, 0.25) is 0 Å². The van der Waals surface area contributed by atoms with E-state index in [-0.39, 0.29) is 16.5 Å². The molecule has 0 aliphatic heterocycles. The highest BCUT2D eigenvalue weighted by atomic mass is 32.2. The van der Waals surface area contributed by atoms with Crippen molar-refractivity contribution < 1.29 is 17.6 Å². The Kier molecular flexibility index (Phi) is 4.18. The highest BCUT2D eigenvalue weighted by molar-refractivity contribution is 7.90. The fraction of sp³-hybridized carbons (Fsp3) is 0.267.